The SMILES string of the molecule is CN=C(NCc1ccc(S(=O)(=O)N(C)C)cc1)NCc1ccc(F)cc1C(F)(F)F. The van der Waals surface area contributed by atoms with Gasteiger partial charge < -0.3 is 10.6 Å². The Morgan fingerprint density at radius 2 is 1.63 bits per heavy atom. The molecule has 2 N–H and O–H groups in total. The molecule has 0 amide bonds. The quantitative estimate of drug-likeness (QED) is 0.407. The molecule has 0 spiro atoms. The lowest BCUT2D eigenvalue weighted by Gasteiger charge is -2.16. The molecule has 0 bridgehead atoms. The second-order valence-corrected chi connectivity index (χ2v) is 8.66. The van der Waals surface area contributed by atoms with E-state index in [0.717, 1.165) is 22.0 Å². The molecule has 0 radical (unpaired) electrons. The van der Waals surface area contributed by atoms with Crippen LogP contribution in [-0.2, 0) is 29.3 Å². The van der Waals surface area contributed by atoms with Crippen LogP contribution in [0.15, 0.2) is 52.4 Å². The molecule has 0 unspecified atom stereocenters. The average molecular weight is 446 g/mol. The summed E-state index contributed by atoms with van der Waals surface area (Å²) in [7, 11) is 0.799. The molecule has 0 saturated heterocycles. The number of rotatable bonds is 6. The van der Waals surface area contributed by atoms with Gasteiger partial charge in [0.1, 0.15) is 5.82 Å². The fourth-order valence-electron chi connectivity index (χ4n) is 2.54. The molecule has 0 aromatic heterocycles. The van der Waals surface area contributed by atoms with E-state index in [9.17, 15) is 26.0 Å². The van der Waals surface area contributed by atoms with E-state index in [2.05, 4.69) is 15.6 Å². The van der Waals surface area contributed by atoms with Gasteiger partial charge in [-0.05, 0) is 35.4 Å². The highest BCUT2D eigenvalue weighted by Crippen LogP contribution is 2.32. The zero-order valence-electron chi connectivity index (χ0n) is 16.6. The number of benzene rings is 2. The van der Waals surface area contributed by atoms with Crippen molar-refractivity contribution in [2.45, 2.75) is 24.2 Å². The molecule has 0 atom stereocenters. The van der Waals surface area contributed by atoms with Crippen LogP contribution in [-0.4, -0.2) is 39.8 Å². The molecule has 30 heavy (non-hydrogen) atoms. The molecule has 11 heteroatoms. The molecule has 0 heterocycles. The summed E-state index contributed by atoms with van der Waals surface area (Å²) in [6, 6.07) is 8.68. The molecule has 0 saturated carbocycles. The van der Waals surface area contributed by atoms with Crippen LogP contribution in [0.2, 0.25) is 0 Å². The fraction of sp³-hybridized carbons (Fsp3) is 0.316. The topological polar surface area (TPSA) is 73.8 Å². The summed E-state index contributed by atoms with van der Waals surface area (Å²) in [5.41, 5.74) is -0.429. The first kappa shape index (κ1) is 23.6. The van der Waals surface area contributed by atoms with Crippen molar-refractivity contribution in [3.63, 3.8) is 0 Å². The maximum absolute atomic E-state index is 13.2. The molecule has 2 aromatic carbocycles. The van der Waals surface area contributed by atoms with Crippen molar-refractivity contribution in [3.05, 3.63) is 65.0 Å². The number of hydrogen-bond donors (Lipinski definition) is 2. The highest BCUT2D eigenvalue weighted by Gasteiger charge is 2.33. The van der Waals surface area contributed by atoms with Gasteiger partial charge in [-0.3, -0.25) is 4.99 Å². The summed E-state index contributed by atoms with van der Waals surface area (Å²) in [4.78, 5) is 4.09. The van der Waals surface area contributed by atoms with E-state index >= 15 is 0 Å². The largest absolute Gasteiger partial charge is 0.416 e. The predicted octanol–water partition coefficient (Wildman–Crippen LogP) is 2.96. The highest BCUT2D eigenvalue weighted by molar-refractivity contribution is 7.89. The molecule has 2 aromatic rings. The molecular formula is C19H22F4N4O2S. The van der Waals surface area contributed by atoms with Gasteiger partial charge in [0.05, 0.1) is 10.5 Å². The Hall–Kier alpha value is -2.66. The first-order chi connectivity index (χ1) is 13.9. The minimum absolute atomic E-state index is 0.120. The Kier molecular flexibility index (Phi) is 7.43. The number of sulfonamides is 1. The molecule has 0 aliphatic rings. The highest BCUT2D eigenvalue weighted by atomic mass is 32.2. The summed E-state index contributed by atoms with van der Waals surface area (Å²) in [5.74, 6) is -0.731. The lowest BCUT2D eigenvalue weighted by Crippen LogP contribution is -2.36. The zero-order valence-corrected chi connectivity index (χ0v) is 17.4. The van der Waals surface area contributed by atoms with E-state index in [1.165, 1.54) is 33.3 Å². The van der Waals surface area contributed by atoms with Gasteiger partial charge in [0, 0.05) is 34.2 Å². The Bertz CT molecular complexity index is 1000. The maximum atomic E-state index is 13.2. The smallest absolute Gasteiger partial charge is 0.352 e. The van der Waals surface area contributed by atoms with E-state index in [0.29, 0.717) is 6.07 Å². The number of alkyl halides is 3. The van der Waals surface area contributed by atoms with Crippen LogP contribution >= 0.6 is 0 Å². The van der Waals surface area contributed by atoms with Crippen LogP contribution in [0.1, 0.15) is 16.7 Å². The van der Waals surface area contributed by atoms with Crippen molar-refractivity contribution in [2.24, 2.45) is 4.99 Å². The van der Waals surface area contributed by atoms with Crippen LogP contribution in [0.4, 0.5) is 17.6 Å². The lowest BCUT2D eigenvalue weighted by atomic mass is 10.1. The number of halogens is 4. The third kappa shape index (κ3) is 5.92. The minimum Gasteiger partial charge on any atom is -0.352 e. The van der Waals surface area contributed by atoms with E-state index in [1.54, 1.807) is 12.1 Å². The number of aliphatic imine (C=N–C) groups is 1. The third-order valence-electron chi connectivity index (χ3n) is 4.21. The summed E-state index contributed by atoms with van der Waals surface area (Å²) in [6.07, 6.45) is -4.68. The van der Waals surface area contributed by atoms with Gasteiger partial charge in [0.25, 0.3) is 0 Å². The minimum atomic E-state index is -4.68. The van der Waals surface area contributed by atoms with Crippen molar-refractivity contribution >= 4 is 16.0 Å². The first-order valence-corrected chi connectivity index (χ1v) is 10.2. The Morgan fingerprint density at radius 1 is 1.03 bits per heavy atom. The molecule has 0 aliphatic carbocycles. The van der Waals surface area contributed by atoms with Crippen molar-refractivity contribution in [1.29, 1.82) is 0 Å². The molecule has 2 rings (SSSR count). The monoisotopic (exact) mass is 446 g/mol. The molecule has 164 valence electrons. The third-order valence-corrected chi connectivity index (χ3v) is 6.04. The molecule has 0 aliphatic heterocycles. The number of nitrogens with one attached hydrogen (secondary N) is 2. The normalized spacial score (nSPS) is 12.9. The number of guanidine groups is 1. The molecular weight excluding hydrogens is 424 g/mol. The van der Waals surface area contributed by atoms with Crippen molar-refractivity contribution in [3.8, 4) is 0 Å². The van der Waals surface area contributed by atoms with E-state index < -0.39 is 27.6 Å². The van der Waals surface area contributed by atoms with E-state index in [1.807, 2.05) is 0 Å². The summed E-state index contributed by atoms with van der Waals surface area (Å²) >= 11 is 0. The average Bonchev–Trinajstić information content (AvgIpc) is 2.68. The Labute approximate surface area is 172 Å². The fourth-order valence-corrected chi connectivity index (χ4v) is 3.44. The van der Waals surface area contributed by atoms with E-state index in [4.69, 9.17) is 0 Å². The maximum Gasteiger partial charge on any atom is 0.416 e. The van der Waals surface area contributed by atoms with Crippen LogP contribution in [0.5, 0.6) is 0 Å². The standard InChI is InChI=1S/C19H22F4N4O2S/c1-24-18(26-12-14-6-7-15(20)10-17(14)19(21,22)23)25-11-13-4-8-16(9-5-13)30(28,29)27(2)3/h4-10H,11-12H2,1-3H3,(H2,24,25,26). The van der Waals surface area contributed by atoms with Crippen LogP contribution in [0.3, 0.4) is 0 Å². The van der Waals surface area contributed by atoms with Crippen LogP contribution < -0.4 is 10.6 Å². The lowest BCUT2D eigenvalue weighted by molar-refractivity contribution is -0.138. The first-order valence-electron chi connectivity index (χ1n) is 8.76. The van der Waals surface area contributed by atoms with Crippen molar-refractivity contribution in [1.82, 2.24) is 14.9 Å². The van der Waals surface area contributed by atoms with Crippen molar-refractivity contribution in [2.75, 3.05) is 21.1 Å². The summed E-state index contributed by atoms with van der Waals surface area (Å²) in [5, 5.41) is 5.68. The van der Waals surface area contributed by atoms with Gasteiger partial charge >= 0.3 is 6.18 Å². The number of hydrogen-bond acceptors (Lipinski definition) is 3. The Morgan fingerprint density at radius 3 is 2.17 bits per heavy atom. The predicted molar refractivity (Wildman–Crippen MR) is 106 cm³/mol. The van der Waals surface area contributed by atoms with Gasteiger partial charge in [-0.25, -0.2) is 17.1 Å². The summed E-state index contributed by atoms with van der Waals surface area (Å²) < 4.78 is 77.7. The second kappa shape index (κ2) is 9.43. The van der Waals surface area contributed by atoms with Gasteiger partial charge in [-0.15, -0.1) is 0 Å². The summed E-state index contributed by atoms with van der Waals surface area (Å²) in [6.45, 7) is 0.0479. The number of nitrogens with zero attached hydrogens (tertiary/aromatic N) is 2. The van der Waals surface area contributed by atoms with E-state index in [-0.39, 0.29) is 29.5 Å². The van der Waals surface area contributed by atoms with Gasteiger partial charge in [0.2, 0.25) is 10.0 Å². The van der Waals surface area contributed by atoms with Gasteiger partial charge in [-0.2, -0.15) is 13.2 Å². The van der Waals surface area contributed by atoms with Crippen LogP contribution in [0, 0.1) is 5.82 Å². The Balaban J connectivity index is 2.02. The second-order valence-electron chi connectivity index (χ2n) is 6.51. The zero-order chi connectivity index (χ0) is 22.5. The molecule has 6 nitrogen and oxygen atoms in total. The molecule has 0 fully saturated rings. The van der Waals surface area contributed by atoms with Crippen LogP contribution in [0.25, 0.3) is 0 Å². The van der Waals surface area contributed by atoms with Gasteiger partial charge in [-0.1, -0.05) is 18.2 Å². The van der Waals surface area contributed by atoms with Gasteiger partial charge in [0.15, 0.2) is 5.96 Å². The van der Waals surface area contributed by atoms with Crippen molar-refractivity contribution < 1.29 is 26.0 Å².